The predicted molar refractivity (Wildman–Crippen MR) is 83.3 cm³/mol. The van der Waals surface area contributed by atoms with Gasteiger partial charge in [-0.1, -0.05) is 0 Å². The Kier molecular flexibility index (Phi) is 18.3. The van der Waals surface area contributed by atoms with E-state index in [1.54, 1.807) is 0 Å². The Morgan fingerprint density at radius 3 is 0.926 bits per heavy atom. The molecule has 0 aromatic carbocycles. The quantitative estimate of drug-likeness (QED) is 0.143. The minimum atomic E-state index is -2.20. The van der Waals surface area contributed by atoms with Crippen LogP contribution in [0.3, 0.4) is 0 Å². The van der Waals surface area contributed by atoms with Gasteiger partial charge in [-0.3, -0.25) is 0 Å². The van der Waals surface area contributed by atoms with Gasteiger partial charge in [0.25, 0.3) is 0 Å². The molecular formula is C12H24CaO14. The molecule has 0 aliphatic rings. The fourth-order valence-corrected chi connectivity index (χ4v) is 1.34. The van der Waals surface area contributed by atoms with E-state index in [9.17, 15) is 9.59 Å². The molecule has 0 bridgehead atoms. The molecule has 0 saturated carbocycles. The number of aliphatic hydroxyl groups is 10. The summed E-state index contributed by atoms with van der Waals surface area (Å²) >= 11 is 0. The second kappa shape index (κ2) is 15.7. The van der Waals surface area contributed by atoms with Gasteiger partial charge < -0.3 is 61.3 Å². The largest absolute Gasteiger partial charge is 0.479 e. The number of carboxylic acid groups (broad SMARTS) is 2. The second-order valence-corrected chi connectivity index (χ2v) is 5.03. The van der Waals surface area contributed by atoms with E-state index < -0.39 is 74.0 Å². The maximum absolute atomic E-state index is 10.1. The standard InChI is InChI=1S/2C6H12O7.Ca/c2*7-1-2(8)3(9)4(10)5(11)6(12)13;/h2*2-5,7-11H,1H2,(H,12,13);/t2*2-,3+,4+,5-;/m11./s1. The van der Waals surface area contributed by atoms with Crippen molar-refractivity contribution in [3.05, 3.63) is 0 Å². The fraction of sp³-hybridized carbons (Fsp3) is 0.833. The predicted octanol–water partition coefficient (Wildman–Crippen LogP) is -7.37. The van der Waals surface area contributed by atoms with Gasteiger partial charge in [-0.25, -0.2) is 9.59 Å². The van der Waals surface area contributed by atoms with Crippen LogP contribution in [0, 0.1) is 0 Å². The van der Waals surface area contributed by atoms with Crippen LogP contribution in [0.4, 0.5) is 0 Å². The molecule has 0 amide bonds. The average Bonchev–Trinajstić information content (AvgIpc) is 2.62. The minimum absolute atomic E-state index is 0. The van der Waals surface area contributed by atoms with Gasteiger partial charge in [-0.2, -0.15) is 0 Å². The van der Waals surface area contributed by atoms with E-state index in [1.807, 2.05) is 0 Å². The van der Waals surface area contributed by atoms with Crippen LogP contribution in [0.1, 0.15) is 0 Å². The Bertz CT molecular complexity index is 385. The number of hydrogen-bond donors (Lipinski definition) is 12. The second-order valence-electron chi connectivity index (χ2n) is 5.03. The molecule has 0 unspecified atom stereocenters. The van der Waals surface area contributed by atoms with Crippen LogP contribution in [0.15, 0.2) is 0 Å². The topological polar surface area (TPSA) is 277 Å². The first-order valence-electron chi connectivity index (χ1n) is 6.95. The molecule has 0 aromatic heterocycles. The van der Waals surface area contributed by atoms with Gasteiger partial charge >= 0.3 is 11.9 Å². The van der Waals surface area contributed by atoms with Gasteiger partial charge in [0.1, 0.15) is 36.6 Å². The number of aliphatic carboxylic acids is 2. The molecule has 15 heteroatoms. The Morgan fingerprint density at radius 2 is 0.778 bits per heavy atom. The van der Waals surface area contributed by atoms with Crippen molar-refractivity contribution in [1.29, 1.82) is 0 Å². The molecule has 158 valence electrons. The average molecular weight is 432 g/mol. The first-order chi connectivity index (χ1) is 11.8. The summed E-state index contributed by atoms with van der Waals surface area (Å²) in [6.45, 7) is -1.69. The summed E-state index contributed by atoms with van der Waals surface area (Å²) in [4.78, 5) is 20.2. The first-order valence-corrected chi connectivity index (χ1v) is 6.95. The summed E-state index contributed by atoms with van der Waals surface area (Å²) in [5, 5.41) is 104. The molecule has 12 N–H and O–H groups in total. The molecule has 0 fully saturated rings. The Balaban J connectivity index is -0.000000411. The summed E-state index contributed by atoms with van der Waals surface area (Å²) in [6.07, 6.45) is -15.7. The van der Waals surface area contributed by atoms with Crippen LogP contribution >= 0.6 is 0 Å². The van der Waals surface area contributed by atoms with E-state index in [0.717, 1.165) is 0 Å². The monoisotopic (exact) mass is 432 g/mol. The number of carbonyl (C=O) groups is 2. The SMILES string of the molecule is O=C(O)[C@H](O)[C@@H](O)[C@@H](O)[C@H](O)CO.O=C(O)[C@H](O)[C@@H](O)[C@@H](O)[C@H](O)CO.[Ca]. The third-order valence-corrected chi connectivity index (χ3v) is 3.02. The molecular weight excluding hydrogens is 408 g/mol. The summed E-state index contributed by atoms with van der Waals surface area (Å²) in [7, 11) is 0. The molecule has 0 aliphatic carbocycles. The van der Waals surface area contributed by atoms with Crippen LogP contribution in [0.2, 0.25) is 0 Å². The van der Waals surface area contributed by atoms with Crippen LogP contribution in [0.25, 0.3) is 0 Å². The van der Waals surface area contributed by atoms with Crippen molar-refractivity contribution < 1.29 is 70.9 Å². The zero-order valence-corrected chi connectivity index (χ0v) is 16.1. The normalized spacial score (nSPS) is 19.6. The van der Waals surface area contributed by atoms with E-state index in [0.29, 0.717) is 0 Å². The van der Waals surface area contributed by atoms with Crippen LogP contribution in [-0.4, -0.2) is 173 Å². The van der Waals surface area contributed by atoms with Crippen LogP contribution in [0.5, 0.6) is 0 Å². The van der Waals surface area contributed by atoms with Crippen molar-refractivity contribution in [2.45, 2.75) is 48.8 Å². The zero-order valence-electron chi connectivity index (χ0n) is 13.9. The van der Waals surface area contributed by atoms with Crippen LogP contribution < -0.4 is 0 Å². The van der Waals surface area contributed by atoms with Crippen molar-refractivity contribution in [1.82, 2.24) is 0 Å². The Morgan fingerprint density at radius 1 is 0.556 bits per heavy atom. The van der Waals surface area contributed by atoms with Gasteiger partial charge in [0, 0.05) is 37.7 Å². The summed E-state index contributed by atoms with van der Waals surface area (Å²) in [5.74, 6) is -3.45. The molecule has 0 spiro atoms. The Hall–Kier alpha value is -0.200. The number of hydrogen-bond acceptors (Lipinski definition) is 12. The molecule has 8 atom stereocenters. The van der Waals surface area contributed by atoms with Gasteiger partial charge in [-0.05, 0) is 0 Å². The summed E-state index contributed by atoms with van der Waals surface area (Å²) < 4.78 is 0. The fourth-order valence-electron chi connectivity index (χ4n) is 1.34. The van der Waals surface area contributed by atoms with Gasteiger partial charge in [0.2, 0.25) is 0 Å². The van der Waals surface area contributed by atoms with Crippen molar-refractivity contribution in [3.8, 4) is 0 Å². The van der Waals surface area contributed by atoms with Crippen molar-refractivity contribution in [2.75, 3.05) is 13.2 Å². The van der Waals surface area contributed by atoms with Crippen molar-refractivity contribution >= 4 is 49.7 Å². The van der Waals surface area contributed by atoms with E-state index in [2.05, 4.69) is 0 Å². The number of rotatable bonds is 10. The van der Waals surface area contributed by atoms with E-state index in [4.69, 9.17) is 61.3 Å². The zero-order chi connectivity index (χ0) is 21.2. The molecule has 0 aromatic rings. The smallest absolute Gasteiger partial charge is 0.335 e. The summed E-state index contributed by atoms with van der Waals surface area (Å²) in [5.41, 5.74) is 0. The molecule has 0 heterocycles. The Labute approximate surface area is 182 Å². The molecule has 27 heavy (non-hydrogen) atoms. The van der Waals surface area contributed by atoms with Gasteiger partial charge in [-0.15, -0.1) is 0 Å². The van der Waals surface area contributed by atoms with E-state index in [1.165, 1.54) is 0 Å². The number of carboxylic acids is 2. The first kappa shape index (κ1) is 31.5. The van der Waals surface area contributed by atoms with E-state index >= 15 is 0 Å². The maximum atomic E-state index is 10.1. The van der Waals surface area contributed by atoms with Crippen molar-refractivity contribution in [2.24, 2.45) is 0 Å². The van der Waals surface area contributed by atoms with Gasteiger partial charge in [0.15, 0.2) is 12.2 Å². The molecule has 0 saturated heterocycles. The van der Waals surface area contributed by atoms with E-state index in [-0.39, 0.29) is 37.7 Å². The minimum Gasteiger partial charge on any atom is -0.479 e. The maximum Gasteiger partial charge on any atom is 0.335 e. The van der Waals surface area contributed by atoms with Gasteiger partial charge in [0.05, 0.1) is 13.2 Å². The molecule has 0 aliphatic heterocycles. The van der Waals surface area contributed by atoms with Crippen molar-refractivity contribution in [3.63, 3.8) is 0 Å². The summed E-state index contributed by atoms with van der Waals surface area (Å²) in [6, 6.07) is 0. The number of aliphatic hydroxyl groups excluding tert-OH is 10. The molecule has 2 radical (unpaired) electrons. The van der Waals surface area contributed by atoms with Crippen LogP contribution in [-0.2, 0) is 9.59 Å². The third kappa shape index (κ3) is 11.4. The molecule has 0 rings (SSSR count). The third-order valence-electron chi connectivity index (χ3n) is 3.02. The molecule has 14 nitrogen and oxygen atoms in total.